The Kier molecular flexibility index (Phi) is 2.45. The van der Waals surface area contributed by atoms with Gasteiger partial charge in [-0.15, -0.1) is 0 Å². The van der Waals surface area contributed by atoms with Crippen LogP contribution < -0.4 is 11.5 Å². The van der Waals surface area contributed by atoms with Crippen molar-refractivity contribution in [2.45, 2.75) is 0 Å². The van der Waals surface area contributed by atoms with Gasteiger partial charge in [0.2, 0.25) is 0 Å². The molecular formula is C12H10BrN5. The van der Waals surface area contributed by atoms with Crippen LogP contribution in [0.5, 0.6) is 0 Å². The maximum absolute atomic E-state index is 5.92. The minimum absolute atomic E-state index is 0.447. The number of hydrogen-bond acceptors (Lipinski definition) is 4. The molecule has 3 aromatic rings. The Morgan fingerprint density at radius 2 is 1.83 bits per heavy atom. The van der Waals surface area contributed by atoms with Crippen LogP contribution in [-0.2, 0) is 0 Å². The number of anilines is 2. The average Bonchev–Trinajstić information content (AvgIpc) is 2.70. The molecule has 2 heterocycles. The van der Waals surface area contributed by atoms with E-state index in [9.17, 15) is 0 Å². The van der Waals surface area contributed by atoms with Crippen molar-refractivity contribution in [3.05, 3.63) is 41.4 Å². The standard InChI is InChI=1S/C12H10BrN5/c13-12-17-9(7-1-3-8(14)4-2-7)10-11(15)16-5-6-18(10)12/h1-6H,14H2,(H2,15,16). The number of aromatic nitrogens is 3. The van der Waals surface area contributed by atoms with Gasteiger partial charge in [0.05, 0.1) is 0 Å². The molecule has 0 aliphatic rings. The first kappa shape index (κ1) is 11.0. The van der Waals surface area contributed by atoms with Gasteiger partial charge in [-0.1, -0.05) is 12.1 Å². The maximum Gasteiger partial charge on any atom is 0.182 e. The minimum atomic E-state index is 0.447. The van der Waals surface area contributed by atoms with Crippen molar-refractivity contribution in [2.24, 2.45) is 0 Å². The Labute approximate surface area is 112 Å². The zero-order valence-electron chi connectivity index (χ0n) is 9.34. The molecule has 0 saturated heterocycles. The molecule has 0 fully saturated rings. The minimum Gasteiger partial charge on any atom is -0.399 e. The van der Waals surface area contributed by atoms with Crippen LogP contribution in [0.4, 0.5) is 11.5 Å². The third-order valence-electron chi connectivity index (χ3n) is 2.72. The van der Waals surface area contributed by atoms with Crippen molar-refractivity contribution in [3.8, 4) is 11.3 Å². The smallest absolute Gasteiger partial charge is 0.182 e. The fourth-order valence-electron chi connectivity index (χ4n) is 1.87. The highest BCUT2D eigenvalue weighted by atomic mass is 79.9. The number of nitrogens with two attached hydrogens (primary N) is 2. The lowest BCUT2D eigenvalue weighted by Gasteiger charge is -2.01. The van der Waals surface area contributed by atoms with E-state index < -0.39 is 0 Å². The Bertz CT molecular complexity index is 717. The molecule has 90 valence electrons. The summed E-state index contributed by atoms with van der Waals surface area (Å²) in [5, 5.41) is 0. The highest BCUT2D eigenvalue weighted by Gasteiger charge is 2.13. The summed E-state index contributed by atoms with van der Waals surface area (Å²) in [7, 11) is 0. The normalized spacial score (nSPS) is 10.9. The SMILES string of the molecule is Nc1ccc(-c2nc(Br)n3ccnc(N)c23)cc1. The zero-order chi connectivity index (χ0) is 12.7. The van der Waals surface area contributed by atoms with Crippen molar-refractivity contribution >= 4 is 33.0 Å². The Balaban J connectivity index is 2.32. The second kappa shape index (κ2) is 3.99. The Morgan fingerprint density at radius 1 is 1.11 bits per heavy atom. The van der Waals surface area contributed by atoms with E-state index in [4.69, 9.17) is 11.5 Å². The van der Waals surface area contributed by atoms with Gasteiger partial charge in [0.25, 0.3) is 0 Å². The van der Waals surface area contributed by atoms with Crippen LogP contribution in [0.25, 0.3) is 16.8 Å². The number of fused-ring (bicyclic) bond motifs is 1. The van der Waals surface area contributed by atoms with E-state index in [1.165, 1.54) is 0 Å². The molecule has 18 heavy (non-hydrogen) atoms. The summed E-state index contributed by atoms with van der Waals surface area (Å²) >= 11 is 3.41. The van der Waals surface area contributed by atoms with Gasteiger partial charge < -0.3 is 11.5 Å². The Morgan fingerprint density at radius 3 is 2.56 bits per heavy atom. The highest BCUT2D eigenvalue weighted by molar-refractivity contribution is 9.10. The molecule has 0 unspecified atom stereocenters. The fourth-order valence-corrected chi connectivity index (χ4v) is 2.34. The first-order chi connectivity index (χ1) is 8.66. The van der Waals surface area contributed by atoms with Crippen LogP contribution in [0.1, 0.15) is 0 Å². The van der Waals surface area contributed by atoms with Crippen molar-refractivity contribution in [1.82, 2.24) is 14.4 Å². The lowest BCUT2D eigenvalue weighted by Crippen LogP contribution is -1.95. The highest BCUT2D eigenvalue weighted by Crippen LogP contribution is 2.29. The van der Waals surface area contributed by atoms with Gasteiger partial charge in [-0.2, -0.15) is 0 Å². The molecule has 4 N–H and O–H groups in total. The molecule has 0 radical (unpaired) electrons. The van der Waals surface area contributed by atoms with Crippen molar-refractivity contribution in [3.63, 3.8) is 0 Å². The second-order valence-electron chi connectivity index (χ2n) is 3.88. The van der Waals surface area contributed by atoms with E-state index in [0.29, 0.717) is 16.2 Å². The number of halogens is 1. The summed E-state index contributed by atoms with van der Waals surface area (Å²) in [6.07, 6.45) is 3.45. The van der Waals surface area contributed by atoms with Gasteiger partial charge >= 0.3 is 0 Å². The first-order valence-electron chi connectivity index (χ1n) is 5.31. The largest absolute Gasteiger partial charge is 0.399 e. The van der Waals surface area contributed by atoms with Gasteiger partial charge in [0.1, 0.15) is 17.0 Å². The van der Waals surface area contributed by atoms with Crippen LogP contribution in [0.3, 0.4) is 0 Å². The lowest BCUT2D eigenvalue weighted by atomic mass is 10.1. The number of rotatable bonds is 1. The summed E-state index contributed by atoms with van der Waals surface area (Å²) in [6, 6.07) is 7.50. The molecule has 1 aromatic carbocycles. The topological polar surface area (TPSA) is 82.2 Å². The molecule has 0 saturated carbocycles. The molecular weight excluding hydrogens is 294 g/mol. The quantitative estimate of drug-likeness (QED) is 0.676. The molecule has 2 aromatic heterocycles. The van der Waals surface area contributed by atoms with Gasteiger partial charge in [-0.25, -0.2) is 9.97 Å². The monoisotopic (exact) mass is 303 g/mol. The lowest BCUT2D eigenvalue weighted by molar-refractivity contribution is 1.08. The summed E-state index contributed by atoms with van der Waals surface area (Å²) in [4.78, 5) is 8.57. The van der Waals surface area contributed by atoms with Crippen molar-refractivity contribution < 1.29 is 0 Å². The van der Waals surface area contributed by atoms with E-state index >= 15 is 0 Å². The molecule has 0 spiro atoms. The molecule has 5 nitrogen and oxygen atoms in total. The molecule has 0 bridgehead atoms. The number of benzene rings is 1. The summed E-state index contributed by atoms with van der Waals surface area (Å²) < 4.78 is 2.55. The number of nitrogens with zero attached hydrogens (tertiary/aromatic N) is 3. The molecule has 3 rings (SSSR count). The number of imidazole rings is 1. The van der Waals surface area contributed by atoms with E-state index in [1.807, 2.05) is 34.9 Å². The number of nitrogen functional groups attached to an aromatic ring is 2. The van der Waals surface area contributed by atoms with Crippen molar-refractivity contribution in [2.75, 3.05) is 11.5 Å². The summed E-state index contributed by atoms with van der Waals surface area (Å²) in [5.41, 5.74) is 14.8. The third kappa shape index (κ3) is 1.62. The third-order valence-corrected chi connectivity index (χ3v) is 3.28. The van der Waals surface area contributed by atoms with Gasteiger partial charge in [0, 0.05) is 23.6 Å². The predicted molar refractivity (Wildman–Crippen MR) is 74.9 cm³/mol. The van der Waals surface area contributed by atoms with E-state index in [1.54, 1.807) is 6.20 Å². The van der Waals surface area contributed by atoms with Crippen LogP contribution in [0.2, 0.25) is 0 Å². The van der Waals surface area contributed by atoms with Crippen LogP contribution >= 0.6 is 15.9 Å². The van der Waals surface area contributed by atoms with Gasteiger partial charge in [-0.05, 0) is 28.1 Å². The fraction of sp³-hybridized carbons (Fsp3) is 0. The van der Waals surface area contributed by atoms with E-state index in [2.05, 4.69) is 25.9 Å². The van der Waals surface area contributed by atoms with E-state index in [0.717, 1.165) is 16.8 Å². The average molecular weight is 304 g/mol. The summed E-state index contributed by atoms with van der Waals surface area (Å²) in [6.45, 7) is 0. The van der Waals surface area contributed by atoms with Crippen molar-refractivity contribution in [1.29, 1.82) is 0 Å². The zero-order valence-corrected chi connectivity index (χ0v) is 10.9. The van der Waals surface area contributed by atoms with Gasteiger partial charge in [-0.3, -0.25) is 4.40 Å². The number of hydrogen-bond donors (Lipinski definition) is 2. The van der Waals surface area contributed by atoms with Crippen LogP contribution in [0, 0.1) is 0 Å². The summed E-state index contributed by atoms with van der Waals surface area (Å²) in [5.74, 6) is 0.447. The molecule has 6 heteroatoms. The first-order valence-corrected chi connectivity index (χ1v) is 6.10. The maximum atomic E-state index is 5.92. The Hall–Kier alpha value is -2.08. The van der Waals surface area contributed by atoms with Gasteiger partial charge in [0.15, 0.2) is 4.73 Å². The predicted octanol–water partition coefficient (Wildman–Crippen LogP) is 2.32. The van der Waals surface area contributed by atoms with Crippen LogP contribution in [-0.4, -0.2) is 14.4 Å². The molecule has 0 amide bonds. The molecule has 0 atom stereocenters. The second-order valence-corrected chi connectivity index (χ2v) is 4.59. The molecule has 0 aliphatic heterocycles. The van der Waals surface area contributed by atoms with Crippen LogP contribution in [0.15, 0.2) is 41.4 Å². The van der Waals surface area contributed by atoms with E-state index in [-0.39, 0.29) is 0 Å². The molecule has 0 aliphatic carbocycles.